The number of amides is 1. The molecule has 0 spiro atoms. The van der Waals surface area contributed by atoms with Crippen molar-refractivity contribution in [1.82, 2.24) is 0 Å². The van der Waals surface area contributed by atoms with Gasteiger partial charge in [0, 0.05) is 24.2 Å². The molecule has 0 bridgehead atoms. The van der Waals surface area contributed by atoms with Crippen molar-refractivity contribution in [3.05, 3.63) is 83.9 Å². The maximum absolute atomic E-state index is 13.5. The fourth-order valence-corrected chi connectivity index (χ4v) is 4.21. The van der Waals surface area contributed by atoms with Gasteiger partial charge < -0.3 is 15.0 Å². The molecule has 3 aromatic carbocycles. The van der Waals surface area contributed by atoms with E-state index in [4.69, 9.17) is 4.74 Å². The second-order valence-corrected chi connectivity index (χ2v) is 7.31. The van der Waals surface area contributed by atoms with Crippen LogP contribution in [0.1, 0.15) is 29.9 Å². The molecule has 2 aliphatic rings. The third-order valence-corrected chi connectivity index (χ3v) is 5.55. The van der Waals surface area contributed by atoms with Crippen LogP contribution >= 0.6 is 0 Å². The van der Waals surface area contributed by atoms with Crippen molar-refractivity contribution in [1.29, 1.82) is 0 Å². The Bertz CT molecular complexity index is 979. The zero-order valence-corrected chi connectivity index (χ0v) is 15.6. The van der Waals surface area contributed by atoms with Crippen molar-refractivity contribution in [3.8, 4) is 11.5 Å². The van der Waals surface area contributed by atoms with E-state index in [0.717, 1.165) is 47.1 Å². The molecule has 0 aliphatic carbocycles. The van der Waals surface area contributed by atoms with Crippen molar-refractivity contribution >= 4 is 17.3 Å². The fraction of sp³-hybridized carbons (Fsp3) is 0.208. The summed E-state index contributed by atoms with van der Waals surface area (Å²) in [5.41, 5.74) is 3.77. The van der Waals surface area contributed by atoms with Gasteiger partial charge in [-0.1, -0.05) is 48.5 Å². The van der Waals surface area contributed by atoms with Gasteiger partial charge in [0.2, 0.25) is 5.91 Å². The Morgan fingerprint density at radius 2 is 1.39 bits per heavy atom. The van der Waals surface area contributed by atoms with Crippen LogP contribution in [0.4, 0.5) is 11.4 Å². The summed E-state index contributed by atoms with van der Waals surface area (Å²) in [4.78, 5) is 15.8. The lowest BCUT2D eigenvalue weighted by atomic mass is 9.87. The quantitative estimate of drug-likeness (QED) is 0.692. The molecule has 0 radical (unpaired) electrons. The molecule has 0 saturated carbocycles. The Morgan fingerprint density at radius 1 is 0.821 bits per heavy atom. The number of nitrogens with zero attached hydrogens (tertiary/aromatic N) is 1. The molecule has 0 atom stereocenters. The highest BCUT2D eigenvalue weighted by molar-refractivity contribution is 6.01. The molecule has 140 valence electrons. The van der Waals surface area contributed by atoms with E-state index in [1.54, 1.807) is 0 Å². The summed E-state index contributed by atoms with van der Waals surface area (Å²) < 4.78 is 6.02. The molecule has 1 N–H and O–H groups in total. The largest absolute Gasteiger partial charge is 0.457 e. The summed E-state index contributed by atoms with van der Waals surface area (Å²) >= 11 is 0. The van der Waals surface area contributed by atoms with Gasteiger partial charge in [0.25, 0.3) is 0 Å². The lowest BCUT2D eigenvalue weighted by Crippen LogP contribution is -2.26. The monoisotopic (exact) mass is 370 g/mol. The predicted molar refractivity (Wildman–Crippen MR) is 111 cm³/mol. The maximum atomic E-state index is 13.5. The van der Waals surface area contributed by atoms with E-state index in [1.165, 1.54) is 12.8 Å². The van der Waals surface area contributed by atoms with Crippen LogP contribution in [0.25, 0.3) is 0 Å². The number of para-hydroxylation sites is 4. The van der Waals surface area contributed by atoms with Gasteiger partial charge in [0.1, 0.15) is 11.5 Å². The Kier molecular flexibility index (Phi) is 4.24. The van der Waals surface area contributed by atoms with Crippen LogP contribution in [0.5, 0.6) is 11.5 Å². The Labute approximate surface area is 164 Å². The topological polar surface area (TPSA) is 41.6 Å². The molecule has 1 saturated heterocycles. The molecule has 0 unspecified atom stereocenters. The third-order valence-electron chi connectivity index (χ3n) is 5.55. The summed E-state index contributed by atoms with van der Waals surface area (Å²) in [5.74, 6) is 1.06. The molecule has 1 amide bonds. The van der Waals surface area contributed by atoms with Crippen LogP contribution in [0.2, 0.25) is 0 Å². The average Bonchev–Trinajstić information content (AvgIpc) is 3.27. The maximum Gasteiger partial charge on any atom is 0.236 e. The first kappa shape index (κ1) is 16.9. The summed E-state index contributed by atoms with van der Waals surface area (Å²) in [6.45, 7) is 2.08. The molecule has 3 aromatic rings. The number of rotatable bonds is 3. The second kappa shape index (κ2) is 7.04. The van der Waals surface area contributed by atoms with Crippen LogP contribution in [-0.2, 0) is 4.79 Å². The van der Waals surface area contributed by atoms with Crippen LogP contribution < -0.4 is 15.0 Å². The van der Waals surface area contributed by atoms with Crippen LogP contribution in [0, 0.1) is 0 Å². The van der Waals surface area contributed by atoms with Crippen molar-refractivity contribution in [2.75, 3.05) is 23.3 Å². The molecule has 28 heavy (non-hydrogen) atoms. The number of carbonyl (C=O) groups is 1. The van der Waals surface area contributed by atoms with Crippen LogP contribution in [0.15, 0.2) is 72.8 Å². The van der Waals surface area contributed by atoms with Crippen molar-refractivity contribution < 1.29 is 9.53 Å². The van der Waals surface area contributed by atoms with Crippen LogP contribution in [0.3, 0.4) is 0 Å². The van der Waals surface area contributed by atoms with E-state index >= 15 is 0 Å². The number of anilines is 2. The zero-order valence-electron chi connectivity index (χ0n) is 15.6. The van der Waals surface area contributed by atoms with Gasteiger partial charge in [0.05, 0.1) is 17.3 Å². The molecule has 5 rings (SSSR count). The van der Waals surface area contributed by atoms with Gasteiger partial charge >= 0.3 is 0 Å². The number of fused-ring (bicyclic) bond motifs is 2. The SMILES string of the molecule is O=C(Nc1ccccc1N1CCCC1)C1c2ccccc2Oc2ccccc21. The van der Waals surface area contributed by atoms with Gasteiger partial charge in [-0.3, -0.25) is 4.79 Å². The minimum atomic E-state index is -0.396. The highest BCUT2D eigenvalue weighted by Crippen LogP contribution is 2.44. The first-order chi connectivity index (χ1) is 13.8. The summed E-state index contributed by atoms with van der Waals surface area (Å²) in [6, 6.07) is 23.6. The molecule has 0 aromatic heterocycles. The van der Waals surface area contributed by atoms with E-state index in [1.807, 2.05) is 66.7 Å². The van der Waals surface area contributed by atoms with Gasteiger partial charge in [-0.15, -0.1) is 0 Å². The fourth-order valence-electron chi connectivity index (χ4n) is 4.21. The smallest absolute Gasteiger partial charge is 0.236 e. The number of ether oxygens (including phenoxy) is 1. The number of benzene rings is 3. The van der Waals surface area contributed by atoms with Crippen molar-refractivity contribution in [2.24, 2.45) is 0 Å². The van der Waals surface area contributed by atoms with E-state index in [-0.39, 0.29) is 5.91 Å². The van der Waals surface area contributed by atoms with Gasteiger partial charge in [-0.25, -0.2) is 0 Å². The van der Waals surface area contributed by atoms with Crippen molar-refractivity contribution in [2.45, 2.75) is 18.8 Å². The third kappa shape index (κ3) is 2.91. The lowest BCUT2D eigenvalue weighted by molar-refractivity contribution is -0.116. The zero-order chi connectivity index (χ0) is 18.9. The standard InChI is InChI=1S/C24H22N2O2/c27-24(25-19-11-3-4-12-20(19)26-15-7-8-16-26)23-17-9-1-5-13-21(17)28-22-14-6-2-10-18(22)23/h1-6,9-14,23H,7-8,15-16H2,(H,25,27). The molecule has 4 heteroatoms. The molecule has 2 aliphatic heterocycles. The summed E-state index contributed by atoms with van der Waals surface area (Å²) in [7, 11) is 0. The number of nitrogens with one attached hydrogen (secondary N) is 1. The minimum absolute atomic E-state index is 0.0325. The number of hydrogen-bond acceptors (Lipinski definition) is 3. The number of hydrogen-bond donors (Lipinski definition) is 1. The Morgan fingerprint density at radius 3 is 2.07 bits per heavy atom. The highest BCUT2D eigenvalue weighted by Gasteiger charge is 2.32. The predicted octanol–water partition coefficient (Wildman–Crippen LogP) is 5.16. The first-order valence-electron chi connectivity index (χ1n) is 9.82. The minimum Gasteiger partial charge on any atom is -0.457 e. The lowest BCUT2D eigenvalue weighted by Gasteiger charge is -2.28. The highest BCUT2D eigenvalue weighted by atomic mass is 16.5. The van der Waals surface area contributed by atoms with E-state index in [0.29, 0.717) is 0 Å². The van der Waals surface area contributed by atoms with Gasteiger partial charge in [0.15, 0.2) is 0 Å². The normalized spacial score (nSPS) is 15.5. The Balaban J connectivity index is 1.52. The molecule has 2 heterocycles. The van der Waals surface area contributed by atoms with Crippen LogP contribution in [-0.4, -0.2) is 19.0 Å². The summed E-state index contributed by atoms with van der Waals surface area (Å²) in [6.07, 6.45) is 2.39. The van der Waals surface area contributed by atoms with Gasteiger partial charge in [-0.2, -0.15) is 0 Å². The van der Waals surface area contributed by atoms with Crippen molar-refractivity contribution in [3.63, 3.8) is 0 Å². The van der Waals surface area contributed by atoms with E-state index < -0.39 is 5.92 Å². The number of carbonyl (C=O) groups excluding carboxylic acids is 1. The van der Waals surface area contributed by atoms with Gasteiger partial charge in [-0.05, 0) is 37.1 Å². The second-order valence-electron chi connectivity index (χ2n) is 7.31. The first-order valence-corrected chi connectivity index (χ1v) is 9.82. The molecule has 4 nitrogen and oxygen atoms in total. The van der Waals surface area contributed by atoms with E-state index in [9.17, 15) is 4.79 Å². The molecular weight excluding hydrogens is 348 g/mol. The van der Waals surface area contributed by atoms with E-state index in [2.05, 4.69) is 16.3 Å². The average molecular weight is 370 g/mol. The molecular formula is C24H22N2O2. The Hall–Kier alpha value is -3.27. The summed E-state index contributed by atoms with van der Waals surface area (Å²) in [5, 5.41) is 3.20. The molecule has 1 fully saturated rings.